The monoisotopic (exact) mass is 231 g/mol. The quantitative estimate of drug-likeness (QED) is 0.769. The molecule has 0 saturated heterocycles. The second kappa shape index (κ2) is 6.20. The summed E-state index contributed by atoms with van der Waals surface area (Å²) in [6.07, 6.45) is 6.65. The molecule has 0 spiro atoms. The molecule has 0 amide bonds. The molecule has 94 valence electrons. The molecule has 1 atom stereocenters. The van der Waals surface area contributed by atoms with Crippen molar-refractivity contribution in [2.24, 2.45) is 5.92 Å². The summed E-state index contributed by atoms with van der Waals surface area (Å²) >= 11 is 0. The van der Waals surface area contributed by atoms with E-state index in [4.69, 9.17) is 0 Å². The molecule has 1 unspecified atom stereocenters. The zero-order chi connectivity index (χ0) is 12.1. The lowest BCUT2D eigenvalue weighted by atomic mass is 9.85. The fourth-order valence-corrected chi connectivity index (χ4v) is 2.75. The van der Waals surface area contributed by atoms with Crippen molar-refractivity contribution in [3.05, 3.63) is 35.9 Å². The zero-order valence-electron chi connectivity index (χ0n) is 11.2. The Morgan fingerprint density at radius 2 is 1.76 bits per heavy atom. The Kier molecular flexibility index (Phi) is 4.61. The predicted octanol–water partition coefficient (Wildman–Crippen LogP) is 4.31. The van der Waals surface area contributed by atoms with Crippen LogP contribution >= 0.6 is 0 Å². The molecule has 2 rings (SSSR count). The van der Waals surface area contributed by atoms with Gasteiger partial charge < -0.3 is 5.32 Å². The second-order valence-electron chi connectivity index (χ2n) is 5.26. The van der Waals surface area contributed by atoms with E-state index in [-0.39, 0.29) is 0 Å². The van der Waals surface area contributed by atoms with Gasteiger partial charge in [0.1, 0.15) is 0 Å². The van der Waals surface area contributed by atoms with Crippen molar-refractivity contribution in [3.8, 4) is 0 Å². The minimum Gasteiger partial charge on any atom is -0.307 e. The molecule has 1 nitrogen and oxygen atoms in total. The van der Waals surface area contributed by atoms with Crippen molar-refractivity contribution < 1.29 is 0 Å². The number of hydrogen-bond acceptors (Lipinski definition) is 1. The lowest BCUT2D eigenvalue weighted by Crippen LogP contribution is -2.40. The molecule has 1 fully saturated rings. The van der Waals surface area contributed by atoms with Gasteiger partial charge in [-0.2, -0.15) is 0 Å². The van der Waals surface area contributed by atoms with Crippen LogP contribution in [0.25, 0.3) is 0 Å². The van der Waals surface area contributed by atoms with Gasteiger partial charge in [0.15, 0.2) is 0 Å². The summed E-state index contributed by atoms with van der Waals surface area (Å²) in [6, 6.07) is 12.3. The van der Waals surface area contributed by atoms with Crippen LogP contribution in [0.2, 0.25) is 0 Å². The standard InChI is InChI=1S/C16H25N/c1-3-13(4-2)16(17-15-11-8-12-15)14-9-6-5-7-10-14/h5-7,9-10,13,15-17H,3-4,8,11-12H2,1-2H3. The lowest BCUT2D eigenvalue weighted by Gasteiger charge is -2.35. The van der Waals surface area contributed by atoms with E-state index in [0.29, 0.717) is 6.04 Å². The van der Waals surface area contributed by atoms with Gasteiger partial charge in [-0.15, -0.1) is 0 Å². The molecule has 17 heavy (non-hydrogen) atoms. The number of hydrogen-bond donors (Lipinski definition) is 1. The van der Waals surface area contributed by atoms with Gasteiger partial charge in [0, 0.05) is 12.1 Å². The van der Waals surface area contributed by atoms with E-state index in [9.17, 15) is 0 Å². The molecule has 0 aromatic heterocycles. The largest absolute Gasteiger partial charge is 0.307 e. The van der Waals surface area contributed by atoms with Crippen LogP contribution < -0.4 is 5.32 Å². The normalized spacial score (nSPS) is 18.1. The fourth-order valence-electron chi connectivity index (χ4n) is 2.75. The van der Waals surface area contributed by atoms with Gasteiger partial charge >= 0.3 is 0 Å². The third kappa shape index (κ3) is 3.10. The fraction of sp³-hybridized carbons (Fsp3) is 0.625. The molecule has 1 aromatic carbocycles. The molecule has 1 aliphatic rings. The van der Waals surface area contributed by atoms with Gasteiger partial charge in [0.25, 0.3) is 0 Å². The summed E-state index contributed by atoms with van der Waals surface area (Å²) in [5.41, 5.74) is 1.47. The van der Waals surface area contributed by atoms with E-state index in [1.165, 1.54) is 37.7 Å². The Bertz CT molecular complexity index is 312. The zero-order valence-corrected chi connectivity index (χ0v) is 11.2. The highest BCUT2D eigenvalue weighted by atomic mass is 15.0. The van der Waals surface area contributed by atoms with Crippen molar-refractivity contribution in [1.82, 2.24) is 5.32 Å². The first-order valence-corrected chi connectivity index (χ1v) is 7.16. The molecular weight excluding hydrogens is 206 g/mol. The molecule has 1 aliphatic carbocycles. The van der Waals surface area contributed by atoms with Crippen molar-refractivity contribution in [3.63, 3.8) is 0 Å². The molecule has 0 heterocycles. The van der Waals surface area contributed by atoms with Gasteiger partial charge in [0.2, 0.25) is 0 Å². The predicted molar refractivity (Wildman–Crippen MR) is 74.0 cm³/mol. The Morgan fingerprint density at radius 1 is 1.12 bits per heavy atom. The summed E-state index contributed by atoms with van der Waals surface area (Å²) in [6.45, 7) is 4.62. The molecule has 1 saturated carbocycles. The van der Waals surface area contributed by atoms with Crippen molar-refractivity contribution >= 4 is 0 Å². The topological polar surface area (TPSA) is 12.0 Å². The van der Waals surface area contributed by atoms with E-state index >= 15 is 0 Å². The van der Waals surface area contributed by atoms with E-state index in [0.717, 1.165) is 12.0 Å². The van der Waals surface area contributed by atoms with E-state index < -0.39 is 0 Å². The molecule has 1 heteroatoms. The summed E-state index contributed by atoms with van der Waals surface area (Å²) in [5, 5.41) is 3.87. The minimum absolute atomic E-state index is 0.552. The van der Waals surface area contributed by atoms with Crippen molar-refractivity contribution in [2.75, 3.05) is 0 Å². The first kappa shape index (κ1) is 12.6. The van der Waals surface area contributed by atoms with Crippen LogP contribution in [0.3, 0.4) is 0 Å². The Labute approximate surface area is 106 Å². The van der Waals surface area contributed by atoms with E-state index in [1.54, 1.807) is 0 Å². The van der Waals surface area contributed by atoms with E-state index in [2.05, 4.69) is 49.5 Å². The van der Waals surface area contributed by atoms with Gasteiger partial charge in [-0.1, -0.05) is 63.4 Å². The van der Waals surface area contributed by atoms with Crippen LogP contribution in [-0.2, 0) is 0 Å². The Balaban J connectivity index is 2.10. The Morgan fingerprint density at radius 3 is 2.24 bits per heavy atom. The molecule has 0 aliphatic heterocycles. The molecule has 0 bridgehead atoms. The van der Waals surface area contributed by atoms with Crippen LogP contribution in [0.4, 0.5) is 0 Å². The van der Waals surface area contributed by atoms with Crippen LogP contribution in [0.1, 0.15) is 57.6 Å². The summed E-state index contributed by atoms with van der Waals surface area (Å²) in [5.74, 6) is 0.762. The number of benzene rings is 1. The summed E-state index contributed by atoms with van der Waals surface area (Å²) in [7, 11) is 0. The number of rotatable bonds is 6. The first-order chi connectivity index (χ1) is 8.35. The van der Waals surface area contributed by atoms with Gasteiger partial charge in [0.05, 0.1) is 0 Å². The minimum atomic E-state index is 0.552. The highest BCUT2D eigenvalue weighted by molar-refractivity contribution is 5.20. The van der Waals surface area contributed by atoms with Crippen LogP contribution in [-0.4, -0.2) is 6.04 Å². The molecule has 1 N–H and O–H groups in total. The third-order valence-corrected chi connectivity index (χ3v) is 4.20. The third-order valence-electron chi connectivity index (χ3n) is 4.20. The summed E-state index contributed by atoms with van der Waals surface area (Å²) < 4.78 is 0. The van der Waals surface area contributed by atoms with Crippen LogP contribution in [0, 0.1) is 5.92 Å². The second-order valence-corrected chi connectivity index (χ2v) is 5.26. The smallest absolute Gasteiger partial charge is 0.0350 e. The highest BCUT2D eigenvalue weighted by Crippen LogP contribution is 2.30. The first-order valence-electron chi connectivity index (χ1n) is 7.16. The maximum Gasteiger partial charge on any atom is 0.0350 e. The SMILES string of the molecule is CCC(CC)C(NC1CCC1)c1ccccc1. The van der Waals surface area contributed by atoms with Crippen molar-refractivity contribution in [2.45, 2.75) is 58.0 Å². The van der Waals surface area contributed by atoms with Gasteiger partial charge in [-0.25, -0.2) is 0 Å². The number of nitrogens with one attached hydrogen (secondary N) is 1. The molecule has 1 aromatic rings. The van der Waals surface area contributed by atoms with Gasteiger partial charge in [-0.3, -0.25) is 0 Å². The lowest BCUT2D eigenvalue weighted by molar-refractivity contribution is 0.248. The average molecular weight is 231 g/mol. The van der Waals surface area contributed by atoms with Crippen molar-refractivity contribution in [1.29, 1.82) is 0 Å². The van der Waals surface area contributed by atoms with E-state index in [1.807, 2.05) is 0 Å². The van der Waals surface area contributed by atoms with Crippen LogP contribution in [0.5, 0.6) is 0 Å². The maximum atomic E-state index is 3.87. The summed E-state index contributed by atoms with van der Waals surface area (Å²) in [4.78, 5) is 0. The molecular formula is C16H25N. The van der Waals surface area contributed by atoms with Crippen LogP contribution in [0.15, 0.2) is 30.3 Å². The highest BCUT2D eigenvalue weighted by Gasteiger charge is 2.26. The average Bonchev–Trinajstić information content (AvgIpc) is 2.33. The van der Waals surface area contributed by atoms with Gasteiger partial charge in [-0.05, 0) is 24.3 Å². The maximum absolute atomic E-state index is 3.87. The Hall–Kier alpha value is -0.820. The molecule has 0 radical (unpaired) electrons.